The Labute approximate surface area is 162 Å². The number of carbonyl (C=O) groups is 2. The van der Waals surface area contributed by atoms with E-state index in [1.54, 1.807) is 11.8 Å². The minimum atomic E-state index is -0.879. The smallest absolute Gasteiger partial charge is 0.380 e. The lowest BCUT2D eigenvalue weighted by Crippen LogP contribution is -2.57. The monoisotopic (exact) mass is 395 g/mol. The van der Waals surface area contributed by atoms with Crippen LogP contribution in [0.3, 0.4) is 0 Å². The molecule has 1 atom stereocenters. The van der Waals surface area contributed by atoms with Gasteiger partial charge < -0.3 is 10.0 Å². The summed E-state index contributed by atoms with van der Waals surface area (Å²) in [4.78, 5) is 26.0. The van der Waals surface area contributed by atoms with Crippen molar-refractivity contribution in [3.8, 4) is 0 Å². The third-order valence-corrected chi connectivity index (χ3v) is 6.50. The molecule has 2 heterocycles. The molecule has 1 spiro atoms. The van der Waals surface area contributed by atoms with Crippen molar-refractivity contribution in [1.29, 1.82) is 0 Å². The van der Waals surface area contributed by atoms with Gasteiger partial charge in [-0.15, -0.1) is 0 Å². The highest BCUT2D eigenvalue weighted by atomic mass is 32.2. The van der Waals surface area contributed by atoms with Crippen LogP contribution in [0.25, 0.3) is 0 Å². The van der Waals surface area contributed by atoms with Gasteiger partial charge in [0.15, 0.2) is 0 Å². The van der Waals surface area contributed by atoms with Crippen molar-refractivity contribution in [2.45, 2.75) is 37.5 Å². The van der Waals surface area contributed by atoms with Crippen LogP contribution in [0, 0.1) is 0 Å². The summed E-state index contributed by atoms with van der Waals surface area (Å²) in [7, 11) is 0. The summed E-state index contributed by atoms with van der Waals surface area (Å²) < 4.78 is 1.87. The quantitative estimate of drug-likeness (QED) is 0.718. The minimum absolute atomic E-state index is 0.148. The predicted octanol–water partition coefficient (Wildman–Crippen LogP) is 2.86. The van der Waals surface area contributed by atoms with E-state index >= 15 is 0 Å². The minimum Gasteiger partial charge on any atom is -0.472 e. The number of carbonyl (C=O) groups excluding carboxylic acids is 1. The van der Waals surface area contributed by atoms with Crippen molar-refractivity contribution in [3.63, 3.8) is 0 Å². The van der Waals surface area contributed by atoms with Crippen LogP contribution in [0.1, 0.15) is 24.8 Å². The number of thioether (sulfide) groups is 1. The number of amides is 1. The number of hydrogen-bond donors (Lipinski definition) is 2. The maximum atomic E-state index is 13.1. The molecule has 0 radical (unpaired) electrons. The third kappa shape index (κ3) is 4.36. The normalized spacial score (nSPS) is 22.9. The first kappa shape index (κ1) is 19.5. The van der Waals surface area contributed by atoms with Gasteiger partial charge in [0.25, 0.3) is 0 Å². The lowest BCUT2D eigenvalue weighted by atomic mass is 9.96. The van der Waals surface area contributed by atoms with E-state index in [0.29, 0.717) is 19.6 Å². The molecule has 0 aliphatic carbocycles. The van der Waals surface area contributed by atoms with Crippen LogP contribution >= 0.6 is 23.7 Å². The summed E-state index contributed by atoms with van der Waals surface area (Å²) in [5.41, 5.74) is 0.751. The summed E-state index contributed by atoms with van der Waals surface area (Å²) >= 11 is 2.60. The highest BCUT2D eigenvalue weighted by molar-refractivity contribution is 8.11. The van der Waals surface area contributed by atoms with Crippen LogP contribution in [-0.4, -0.2) is 62.3 Å². The number of nitrogens with zero attached hydrogens (tertiary/aromatic N) is 2. The Morgan fingerprint density at radius 3 is 2.62 bits per heavy atom. The van der Waals surface area contributed by atoms with Gasteiger partial charge in [0.2, 0.25) is 5.91 Å². The molecule has 1 aromatic rings. The van der Waals surface area contributed by atoms with Crippen LogP contribution in [0.5, 0.6) is 0 Å². The molecule has 1 amide bonds. The largest absolute Gasteiger partial charge is 0.472 e. The van der Waals surface area contributed by atoms with Gasteiger partial charge in [-0.25, -0.2) is 9.10 Å². The lowest BCUT2D eigenvalue weighted by molar-refractivity contribution is -0.134. The zero-order valence-corrected chi connectivity index (χ0v) is 16.5. The fourth-order valence-electron chi connectivity index (χ4n) is 3.76. The number of piperidine rings is 1. The molecule has 1 aromatic carbocycles. The molecule has 2 saturated heterocycles. The number of benzene rings is 1. The molecule has 2 aliphatic heterocycles. The van der Waals surface area contributed by atoms with E-state index in [4.69, 9.17) is 5.11 Å². The summed E-state index contributed by atoms with van der Waals surface area (Å²) in [6.07, 6.45) is 4.35. The second-order valence-corrected chi connectivity index (χ2v) is 8.74. The molecule has 2 N–H and O–H groups in total. The molecule has 2 aliphatic rings. The van der Waals surface area contributed by atoms with Crippen molar-refractivity contribution in [1.82, 2.24) is 14.5 Å². The number of carboxylic acid groups (broad SMARTS) is 1. The number of nitrogens with one attached hydrogen (secondary N) is 1. The van der Waals surface area contributed by atoms with Crippen LogP contribution < -0.4 is 5.32 Å². The highest BCUT2D eigenvalue weighted by Crippen LogP contribution is 2.36. The Morgan fingerprint density at radius 1 is 1.31 bits per heavy atom. The summed E-state index contributed by atoms with van der Waals surface area (Å²) in [5, 5.41) is 11.7. The summed E-state index contributed by atoms with van der Waals surface area (Å²) in [5.74, 6) is 1.11. The molecule has 0 bridgehead atoms. The van der Waals surface area contributed by atoms with Crippen LogP contribution in [0.2, 0.25) is 0 Å². The third-order valence-electron chi connectivity index (χ3n) is 5.07. The van der Waals surface area contributed by atoms with E-state index in [0.717, 1.165) is 42.5 Å². The second kappa shape index (κ2) is 8.65. The van der Waals surface area contributed by atoms with Gasteiger partial charge in [-0.3, -0.25) is 10.1 Å². The topological polar surface area (TPSA) is 72.9 Å². The molecule has 8 heteroatoms. The average Bonchev–Trinajstić information content (AvgIpc) is 2.88. The zero-order valence-electron chi connectivity index (χ0n) is 14.9. The van der Waals surface area contributed by atoms with Gasteiger partial charge in [0, 0.05) is 31.6 Å². The van der Waals surface area contributed by atoms with Crippen molar-refractivity contribution in [2.24, 2.45) is 0 Å². The molecule has 0 aromatic heterocycles. The predicted molar refractivity (Wildman–Crippen MR) is 106 cm³/mol. The Kier molecular flexibility index (Phi) is 6.50. The first-order valence-electron chi connectivity index (χ1n) is 8.82. The second-order valence-electron chi connectivity index (χ2n) is 6.71. The number of hydrogen-bond acceptors (Lipinski definition) is 6. The summed E-state index contributed by atoms with van der Waals surface area (Å²) in [6.45, 7) is 1.89. The van der Waals surface area contributed by atoms with Gasteiger partial charge in [-0.2, -0.15) is 11.8 Å². The highest BCUT2D eigenvalue weighted by Gasteiger charge is 2.51. The average molecular weight is 396 g/mol. The van der Waals surface area contributed by atoms with E-state index in [2.05, 4.69) is 11.6 Å². The molecule has 1 unspecified atom stereocenters. The maximum absolute atomic E-state index is 13.1. The van der Waals surface area contributed by atoms with E-state index < -0.39 is 5.30 Å². The van der Waals surface area contributed by atoms with Gasteiger partial charge in [0.1, 0.15) is 0 Å². The van der Waals surface area contributed by atoms with E-state index in [9.17, 15) is 9.59 Å². The lowest BCUT2D eigenvalue weighted by Gasteiger charge is -2.44. The SMILES string of the molecule is CSCCC1NC2(CCN(SC(=O)O)CC2)N(Cc2ccccc2)C1=O. The van der Waals surface area contributed by atoms with Crippen molar-refractivity contribution in [2.75, 3.05) is 25.1 Å². The maximum Gasteiger partial charge on any atom is 0.380 e. The summed E-state index contributed by atoms with van der Waals surface area (Å²) in [6, 6.07) is 9.91. The molecule has 142 valence electrons. The van der Waals surface area contributed by atoms with Gasteiger partial charge in [0.05, 0.1) is 11.7 Å². The van der Waals surface area contributed by atoms with Gasteiger partial charge in [-0.05, 0) is 36.8 Å². The van der Waals surface area contributed by atoms with Crippen LogP contribution in [0.15, 0.2) is 30.3 Å². The molecule has 6 nitrogen and oxygen atoms in total. The molecule has 26 heavy (non-hydrogen) atoms. The Balaban J connectivity index is 1.76. The first-order valence-corrected chi connectivity index (χ1v) is 11.0. The van der Waals surface area contributed by atoms with Crippen LogP contribution in [-0.2, 0) is 11.3 Å². The van der Waals surface area contributed by atoms with Crippen molar-refractivity contribution >= 4 is 34.9 Å². The van der Waals surface area contributed by atoms with E-state index in [-0.39, 0.29) is 17.6 Å². The van der Waals surface area contributed by atoms with Gasteiger partial charge >= 0.3 is 5.30 Å². The van der Waals surface area contributed by atoms with Crippen molar-refractivity contribution < 1.29 is 14.7 Å². The molecular formula is C18H25N3O3S2. The van der Waals surface area contributed by atoms with E-state index in [1.165, 1.54) is 0 Å². The van der Waals surface area contributed by atoms with Crippen molar-refractivity contribution in [3.05, 3.63) is 35.9 Å². The molecular weight excluding hydrogens is 370 g/mol. The Morgan fingerprint density at radius 2 is 2.00 bits per heavy atom. The number of rotatable bonds is 6. The molecule has 2 fully saturated rings. The van der Waals surface area contributed by atoms with E-state index in [1.807, 2.05) is 39.5 Å². The first-order chi connectivity index (χ1) is 12.5. The van der Waals surface area contributed by atoms with Gasteiger partial charge in [-0.1, -0.05) is 30.3 Å². The van der Waals surface area contributed by atoms with Crippen LogP contribution in [0.4, 0.5) is 4.79 Å². The standard InChI is InChI=1S/C18H25N3O3S2/c1-25-12-7-15-16(22)21(13-14-5-3-2-4-6-14)18(19-15)8-10-20(11-9-18)26-17(23)24/h2-6,15,19H,7-13H2,1H3,(H,23,24). The Hall–Kier alpha value is -1.22. The fourth-order valence-corrected chi connectivity index (χ4v) is 4.82. The molecule has 0 saturated carbocycles. The zero-order chi connectivity index (χ0) is 18.6. The molecule has 3 rings (SSSR count). The Bertz CT molecular complexity index is 636. The fraction of sp³-hybridized carbons (Fsp3) is 0.556.